The Kier molecular flexibility index (Phi) is 11.2. The zero-order valence-electron chi connectivity index (χ0n) is 17.9. The van der Waals surface area contributed by atoms with Crippen molar-refractivity contribution in [1.82, 2.24) is 16.0 Å². The van der Waals surface area contributed by atoms with E-state index in [1.165, 1.54) is 0 Å². The summed E-state index contributed by atoms with van der Waals surface area (Å²) in [6, 6.07) is 7.57. The first-order valence-corrected chi connectivity index (χ1v) is 9.86. The van der Waals surface area contributed by atoms with Gasteiger partial charge in [-0.3, -0.25) is 4.79 Å². The number of benzene rings is 1. The maximum atomic E-state index is 12.3. The van der Waals surface area contributed by atoms with Crippen LogP contribution in [0.25, 0.3) is 0 Å². The third-order valence-corrected chi connectivity index (χ3v) is 3.63. The van der Waals surface area contributed by atoms with E-state index in [1.807, 2.05) is 52.0 Å². The van der Waals surface area contributed by atoms with Crippen LogP contribution in [0, 0.1) is 0 Å². The molecule has 0 heterocycles. The van der Waals surface area contributed by atoms with Gasteiger partial charge in [0.2, 0.25) is 0 Å². The molecule has 1 rings (SSSR count). The highest BCUT2D eigenvalue weighted by Gasteiger charge is 2.15. The van der Waals surface area contributed by atoms with E-state index in [4.69, 9.17) is 9.47 Å². The van der Waals surface area contributed by atoms with Gasteiger partial charge in [0.1, 0.15) is 0 Å². The van der Waals surface area contributed by atoms with E-state index >= 15 is 0 Å². The first kappa shape index (κ1) is 23.9. The van der Waals surface area contributed by atoms with Gasteiger partial charge in [0.05, 0.1) is 19.8 Å². The van der Waals surface area contributed by atoms with Crippen LogP contribution >= 0.6 is 0 Å². The number of nitrogens with one attached hydrogen (secondary N) is 3. The molecule has 1 aromatic rings. The third-order valence-electron chi connectivity index (χ3n) is 3.63. The fourth-order valence-electron chi connectivity index (χ4n) is 2.36. The van der Waals surface area contributed by atoms with Crippen LogP contribution < -0.4 is 16.0 Å². The molecule has 28 heavy (non-hydrogen) atoms. The van der Waals surface area contributed by atoms with Crippen molar-refractivity contribution in [2.75, 3.05) is 40.0 Å². The topological polar surface area (TPSA) is 84.0 Å². The molecule has 0 atom stereocenters. The molecule has 0 bridgehead atoms. The third kappa shape index (κ3) is 10.9. The predicted octanol–water partition coefficient (Wildman–Crippen LogP) is 2.32. The van der Waals surface area contributed by atoms with Crippen LogP contribution in [-0.4, -0.2) is 57.4 Å². The van der Waals surface area contributed by atoms with Gasteiger partial charge in [0.15, 0.2) is 5.96 Å². The molecule has 0 radical (unpaired) electrons. The molecular weight excluding hydrogens is 356 g/mol. The van der Waals surface area contributed by atoms with E-state index in [1.54, 1.807) is 7.11 Å². The molecule has 0 unspecified atom stereocenters. The molecule has 7 nitrogen and oxygen atoms in total. The zero-order chi connectivity index (χ0) is 20.8. The predicted molar refractivity (Wildman–Crippen MR) is 114 cm³/mol. The molecule has 158 valence electrons. The number of amides is 1. The van der Waals surface area contributed by atoms with E-state index < -0.39 is 0 Å². The molecular formula is C21H36N4O3. The minimum atomic E-state index is -0.263. The highest BCUT2D eigenvalue weighted by molar-refractivity contribution is 5.94. The van der Waals surface area contributed by atoms with Gasteiger partial charge in [-0.05, 0) is 51.8 Å². The Labute approximate surface area is 169 Å². The molecule has 1 aromatic carbocycles. The Balaban J connectivity index is 2.55. The molecule has 3 N–H and O–H groups in total. The number of hydrogen-bond donors (Lipinski definition) is 3. The summed E-state index contributed by atoms with van der Waals surface area (Å²) in [6.07, 6.45) is 0.886. The van der Waals surface area contributed by atoms with Crippen molar-refractivity contribution in [1.29, 1.82) is 0 Å². The number of carbonyl (C=O) groups excluding carboxylic acids is 1. The van der Waals surface area contributed by atoms with Crippen LogP contribution in [0.5, 0.6) is 0 Å². The van der Waals surface area contributed by atoms with E-state index in [2.05, 4.69) is 20.9 Å². The first-order valence-electron chi connectivity index (χ1n) is 9.86. The Morgan fingerprint density at radius 1 is 1.14 bits per heavy atom. The number of rotatable bonds is 11. The van der Waals surface area contributed by atoms with Gasteiger partial charge in [-0.25, -0.2) is 4.99 Å². The van der Waals surface area contributed by atoms with Crippen LogP contribution in [-0.2, 0) is 16.0 Å². The second-order valence-electron chi connectivity index (χ2n) is 7.49. The average molecular weight is 393 g/mol. The lowest BCUT2D eigenvalue weighted by Crippen LogP contribution is -2.40. The summed E-state index contributed by atoms with van der Waals surface area (Å²) in [5.41, 5.74) is 1.37. The van der Waals surface area contributed by atoms with Gasteiger partial charge in [-0.2, -0.15) is 0 Å². The number of ether oxygens (including phenoxy) is 2. The maximum absolute atomic E-state index is 12.3. The van der Waals surface area contributed by atoms with Crippen LogP contribution in [0.4, 0.5) is 0 Å². The number of methoxy groups -OCH3 is 1. The Morgan fingerprint density at radius 3 is 2.61 bits per heavy atom. The summed E-state index contributed by atoms with van der Waals surface area (Å²) in [7, 11) is 1.66. The summed E-state index contributed by atoms with van der Waals surface area (Å²) in [5, 5.41) is 9.51. The van der Waals surface area contributed by atoms with Gasteiger partial charge in [-0.15, -0.1) is 0 Å². The molecule has 0 aliphatic carbocycles. The van der Waals surface area contributed by atoms with Gasteiger partial charge in [-0.1, -0.05) is 12.1 Å². The smallest absolute Gasteiger partial charge is 0.251 e. The quantitative estimate of drug-likeness (QED) is 0.306. The summed E-state index contributed by atoms with van der Waals surface area (Å²) in [4.78, 5) is 16.9. The Bertz CT molecular complexity index is 612. The molecule has 0 saturated carbocycles. The fourth-order valence-corrected chi connectivity index (χ4v) is 2.36. The second kappa shape index (κ2) is 13.1. The van der Waals surface area contributed by atoms with Gasteiger partial charge in [0, 0.05) is 37.9 Å². The maximum Gasteiger partial charge on any atom is 0.251 e. The fraction of sp³-hybridized carbons (Fsp3) is 0.619. The molecule has 0 fully saturated rings. The van der Waals surface area contributed by atoms with Crippen molar-refractivity contribution in [3.8, 4) is 0 Å². The average Bonchev–Trinajstić information content (AvgIpc) is 2.64. The molecule has 0 spiro atoms. The van der Waals surface area contributed by atoms with Gasteiger partial charge in [0.25, 0.3) is 5.91 Å². The van der Waals surface area contributed by atoms with E-state index in [0.717, 1.165) is 31.0 Å². The number of nitrogens with zero attached hydrogens (tertiary/aromatic N) is 1. The first-order chi connectivity index (χ1) is 13.4. The van der Waals surface area contributed by atoms with Crippen molar-refractivity contribution in [2.45, 2.75) is 46.2 Å². The van der Waals surface area contributed by atoms with Crippen molar-refractivity contribution < 1.29 is 14.3 Å². The van der Waals surface area contributed by atoms with E-state index in [0.29, 0.717) is 31.9 Å². The SMILES string of the molecule is CCNC(=NCc1cccc(C(=O)NC(C)(C)C)c1)NCCCOCCOC. The minimum Gasteiger partial charge on any atom is -0.382 e. The van der Waals surface area contributed by atoms with Crippen LogP contribution in [0.2, 0.25) is 0 Å². The second-order valence-corrected chi connectivity index (χ2v) is 7.49. The van der Waals surface area contributed by atoms with Gasteiger partial charge >= 0.3 is 0 Å². The minimum absolute atomic E-state index is 0.0724. The molecule has 0 aliphatic rings. The number of hydrogen-bond acceptors (Lipinski definition) is 4. The standard InChI is InChI=1S/C21H36N4O3/c1-6-22-20(23-11-8-12-28-14-13-27-5)24-16-17-9-7-10-18(15-17)19(26)25-21(2,3)4/h7,9-10,15H,6,8,11-14,16H2,1-5H3,(H,25,26)(H2,22,23,24). The summed E-state index contributed by atoms with van der Waals surface area (Å²) in [5.74, 6) is 0.681. The number of carbonyl (C=O) groups is 1. The van der Waals surface area contributed by atoms with Crippen molar-refractivity contribution in [2.24, 2.45) is 4.99 Å². The molecule has 0 aliphatic heterocycles. The molecule has 1 amide bonds. The lowest BCUT2D eigenvalue weighted by molar-refractivity contribution is 0.0698. The Hall–Kier alpha value is -2.12. The molecule has 0 aromatic heterocycles. The summed E-state index contributed by atoms with van der Waals surface area (Å²) >= 11 is 0. The van der Waals surface area contributed by atoms with E-state index in [9.17, 15) is 4.79 Å². The van der Waals surface area contributed by atoms with Crippen molar-refractivity contribution in [3.05, 3.63) is 35.4 Å². The monoisotopic (exact) mass is 392 g/mol. The number of aliphatic imine (C=N–C) groups is 1. The summed E-state index contributed by atoms with van der Waals surface area (Å²) in [6.45, 7) is 11.9. The highest BCUT2D eigenvalue weighted by Crippen LogP contribution is 2.09. The molecule has 7 heteroatoms. The highest BCUT2D eigenvalue weighted by atomic mass is 16.5. The Morgan fingerprint density at radius 2 is 1.93 bits per heavy atom. The van der Waals surface area contributed by atoms with Crippen LogP contribution in [0.15, 0.2) is 29.3 Å². The summed E-state index contributed by atoms with van der Waals surface area (Å²) < 4.78 is 10.4. The molecule has 0 saturated heterocycles. The van der Waals surface area contributed by atoms with Crippen molar-refractivity contribution in [3.63, 3.8) is 0 Å². The van der Waals surface area contributed by atoms with E-state index in [-0.39, 0.29) is 11.4 Å². The largest absolute Gasteiger partial charge is 0.382 e. The van der Waals surface area contributed by atoms with Crippen LogP contribution in [0.1, 0.15) is 50.0 Å². The van der Waals surface area contributed by atoms with Crippen molar-refractivity contribution >= 4 is 11.9 Å². The lowest BCUT2D eigenvalue weighted by atomic mass is 10.1. The lowest BCUT2D eigenvalue weighted by Gasteiger charge is -2.20. The zero-order valence-corrected chi connectivity index (χ0v) is 17.9. The van der Waals surface area contributed by atoms with Crippen LogP contribution in [0.3, 0.4) is 0 Å². The normalized spacial score (nSPS) is 12.0. The number of guanidine groups is 1. The van der Waals surface area contributed by atoms with Gasteiger partial charge < -0.3 is 25.4 Å².